The second-order valence-electron chi connectivity index (χ2n) is 7.86. The lowest BCUT2D eigenvalue weighted by atomic mass is 9.75. The van der Waals surface area contributed by atoms with Crippen LogP contribution in [0.1, 0.15) is 25.0 Å². The molecule has 134 valence electrons. The van der Waals surface area contributed by atoms with Crippen LogP contribution in [0.2, 0.25) is 0 Å². The fourth-order valence-corrected chi connectivity index (χ4v) is 4.24. The van der Waals surface area contributed by atoms with Crippen molar-refractivity contribution in [1.29, 1.82) is 0 Å². The van der Waals surface area contributed by atoms with Gasteiger partial charge in [-0.1, -0.05) is 50.3 Å². The molecule has 2 aromatic rings. The molecule has 0 spiro atoms. The van der Waals surface area contributed by atoms with Crippen molar-refractivity contribution in [2.75, 3.05) is 30.4 Å². The molecule has 0 aliphatic carbocycles. The fourth-order valence-electron chi connectivity index (χ4n) is 4.24. The minimum Gasteiger partial charge on any atom is -0.378 e. The number of hydrogen-bond acceptors (Lipinski definition) is 3. The van der Waals surface area contributed by atoms with Gasteiger partial charge in [0.1, 0.15) is 5.66 Å². The highest BCUT2D eigenvalue weighted by molar-refractivity contribution is 5.91. The first-order valence-electron chi connectivity index (χ1n) is 9.00. The molecule has 2 heterocycles. The lowest BCUT2D eigenvalue weighted by molar-refractivity contribution is -0.118. The maximum Gasteiger partial charge on any atom is 0.241 e. The van der Waals surface area contributed by atoms with Gasteiger partial charge in [0.25, 0.3) is 0 Å². The number of hydrogen-bond donors (Lipinski definition) is 1. The van der Waals surface area contributed by atoms with E-state index < -0.39 is 5.66 Å². The number of fused-ring (bicyclic) bond motifs is 3. The Morgan fingerprint density at radius 1 is 1.08 bits per heavy atom. The molecule has 1 atom stereocenters. The van der Waals surface area contributed by atoms with Gasteiger partial charge >= 0.3 is 0 Å². The molecule has 26 heavy (non-hydrogen) atoms. The molecule has 1 unspecified atom stereocenters. The first-order valence-corrected chi connectivity index (χ1v) is 9.00. The van der Waals surface area contributed by atoms with Gasteiger partial charge in [-0.05, 0) is 35.4 Å². The molecule has 1 saturated heterocycles. The third-order valence-electron chi connectivity index (χ3n) is 5.80. The van der Waals surface area contributed by atoms with E-state index in [2.05, 4.69) is 83.6 Å². The van der Waals surface area contributed by atoms with Gasteiger partial charge in [0.15, 0.2) is 0 Å². The molecule has 2 aliphatic rings. The molecule has 4 nitrogen and oxygen atoms in total. The average Bonchev–Trinajstić information content (AvgIpc) is 3.05. The number of rotatable bonds is 3. The lowest BCUT2D eigenvalue weighted by Gasteiger charge is -2.40. The third kappa shape index (κ3) is 2.25. The molecule has 0 saturated carbocycles. The van der Waals surface area contributed by atoms with Crippen LogP contribution in [0.15, 0.2) is 54.6 Å². The van der Waals surface area contributed by atoms with Crippen LogP contribution in [0.3, 0.4) is 0 Å². The molecular weight excluding hydrogens is 322 g/mol. The highest BCUT2D eigenvalue weighted by Crippen LogP contribution is 2.52. The van der Waals surface area contributed by atoms with Crippen LogP contribution in [0.25, 0.3) is 6.08 Å². The van der Waals surface area contributed by atoms with Crippen molar-refractivity contribution < 1.29 is 4.79 Å². The summed E-state index contributed by atoms with van der Waals surface area (Å²) in [6.45, 7) is 4.80. The average molecular weight is 347 g/mol. The van der Waals surface area contributed by atoms with E-state index in [1.807, 2.05) is 20.2 Å². The number of carbonyl (C=O) groups is 1. The van der Waals surface area contributed by atoms with E-state index in [0.717, 1.165) is 11.3 Å². The number of nitrogens with zero attached hydrogens (tertiary/aromatic N) is 2. The van der Waals surface area contributed by atoms with Crippen molar-refractivity contribution in [1.82, 2.24) is 5.32 Å². The SMILES string of the molecule is CN(C)c1ccc(/C=C/C23NC(=O)CN2c2ccccc2C3(C)C)cc1. The van der Waals surface area contributed by atoms with E-state index in [0.29, 0.717) is 6.54 Å². The summed E-state index contributed by atoms with van der Waals surface area (Å²) < 4.78 is 0. The monoisotopic (exact) mass is 347 g/mol. The molecule has 1 fully saturated rings. The normalized spacial score (nSPS) is 23.1. The summed E-state index contributed by atoms with van der Waals surface area (Å²) >= 11 is 0. The fraction of sp³-hybridized carbons (Fsp3) is 0.318. The van der Waals surface area contributed by atoms with Gasteiger partial charge in [0.2, 0.25) is 5.91 Å². The lowest BCUT2D eigenvalue weighted by Crippen LogP contribution is -2.58. The van der Waals surface area contributed by atoms with E-state index >= 15 is 0 Å². The van der Waals surface area contributed by atoms with E-state index in [-0.39, 0.29) is 11.3 Å². The molecule has 2 aliphatic heterocycles. The smallest absolute Gasteiger partial charge is 0.241 e. The Morgan fingerprint density at radius 3 is 2.46 bits per heavy atom. The second kappa shape index (κ2) is 5.63. The second-order valence-corrected chi connectivity index (χ2v) is 7.86. The van der Waals surface area contributed by atoms with Crippen LogP contribution in [0.5, 0.6) is 0 Å². The first kappa shape index (κ1) is 16.7. The van der Waals surface area contributed by atoms with Gasteiger partial charge < -0.3 is 15.1 Å². The molecule has 2 aromatic carbocycles. The summed E-state index contributed by atoms with van der Waals surface area (Å²) in [6, 6.07) is 16.8. The maximum atomic E-state index is 12.3. The molecule has 1 amide bonds. The van der Waals surface area contributed by atoms with Gasteiger partial charge in [-0.15, -0.1) is 0 Å². The summed E-state index contributed by atoms with van der Waals surface area (Å²) in [7, 11) is 4.07. The highest BCUT2D eigenvalue weighted by atomic mass is 16.2. The Kier molecular flexibility index (Phi) is 3.62. The van der Waals surface area contributed by atoms with Crippen molar-refractivity contribution in [2.24, 2.45) is 0 Å². The van der Waals surface area contributed by atoms with Crippen LogP contribution < -0.4 is 15.1 Å². The summed E-state index contributed by atoms with van der Waals surface area (Å²) in [5, 5.41) is 3.26. The van der Waals surface area contributed by atoms with Crippen LogP contribution in [0.4, 0.5) is 11.4 Å². The van der Waals surface area contributed by atoms with Crippen LogP contribution in [-0.2, 0) is 10.2 Å². The van der Waals surface area contributed by atoms with E-state index in [9.17, 15) is 4.79 Å². The van der Waals surface area contributed by atoms with Crippen LogP contribution in [0, 0.1) is 0 Å². The molecule has 0 bridgehead atoms. The van der Waals surface area contributed by atoms with Crippen molar-refractivity contribution >= 4 is 23.4 Å². The zero-order valence-electron chi connectivity index (χ0n) is 15.8. The number of nitrogens with one attached hydrogen (secondary N) is 1. The van der Waals surface area contributed by atoms with Crippen LogP contribution >= 0.6 is 0 Å². The summed E-state index contributed by atoms with van der Waals surface area (Å²) in [5.74, 6) is 0.0696. The van der Waals surface area contributed by atoms with Crippen molar-refractivity contribution in [3.63, 3.8) is 0 Å². The molecule has 0 radical (unpaired) electrons. The van der Waals surface area contributed by atoms with Gasteiger partial charge in [0.05, 0.1) is 6.54 Å². The molecule has 1 N–H and O–H groups in total. The van der Waals surface area contributed by atoms with Crippen molar-refractivity contribution in [3.8, 4) is 0 Å². The Bertz CT molecular complexity index is 883. The van der Waals surface area contributed by atoms with E-state index in [1.54, 1.807) is 0 Å². The van der Waals surface area contributed by atoms with Gasteiger partial charge in [-0.3, -0.25) is 4.79 Å². The Balaban J connectivity index is 1.75. The summed E-state index contributed by atoms with van der Waals surface area (Å²) in [6.07, 6.45) is 4.27. The van der Waals surface area contributed by atoms with Gasteiger partial charge in [-0.2, -0.15) is 0 Å². The van der Waals surface area contributed by atoms with Crippen molar-refractivity contribution in [3.05, 3.63) is 65.7 Å². The Labute approximate surface area is 155 Å². The standard InChI is InChI=1S/C22H25N3O/c1-21(2)18-7-5-6-8-19(18)25-15-20(26)23-22(21,25)14-13-16-9-11-17(12-10-16)24(3)4/h5-14H,15H2,1-4H3,(H,23,26)/b14-13+. The van der Waals surface area contributed by atoms with Crippen LogP contribution in [-0.4, -0.2) is 32.2 Å². The molecule has 4 rings (SSSR count). The predicted octanol–water partition coefficient (Wildman–Crippen LogP) is 3.39. The Hall–Kier alpha value is -2.75. The van der Waals surface area contributed by atoms with E-state index in [1.165, 1.54) is 11.3 Å². The molecule has 4 heteroatoms. The minimum absolute atomic E-state index is 0.0696. The Morgan fingerprint density at radius 2 is 1.77 bits per heavy atom. The molecule has 0 aromatic heterocycles. The quantitative estimate of drug-likeness (QED) is 0.924. The number of para-hydroxylation sites is 1. The van der Waals surface area contributed by atoms with E-state index in [4.69, 9.17) is 0 Å². The third-order valence-corrected chi connectivity index (χ3v) is 5.80. The summed E-state index contributed by atoms with van der Waals surface area (Å²) in [5.41, 5.74) is 3.95. The number of carbonyl (C=O) groups excluding carboxylic acids is 1. The largest absolute Gasteiger partial charge is 0.378 e. The zero-order chi connectivity index (χ0) is 18.5. The maximum absolute atomic E-state index is 12.3. The van der Waals surface area contributed by atoms with Crippen molar-refractivity contribution in [2.45, 2.75) is 24.9 Å². The molecular formula is C22H25N3O. The number of anilines is 2. The summed E-state index contributed by atoms with van der Waals surface area (Å²) in [4.78, 5) is 16.6. The highest BCUT2D eigenvalue weighted by Gasteiger charge is 2.59. The van der Waals surface area contributed by atoms with Gasteiger partial charge in [-0.25, -0.2) is 0 Å². The minimum atomic E-state index is -0.534. The zero-order valence-corrected chi connectivity index (χ0v) is 15.8. The predicted molar refractivity (Wildman–Crippen MR) is 107 cm³/mol. The number of benzene rings is 2. The van der Waals surface area contributed by atoms with Gasteiger partial charge in [0, 0.05) is 30.9 Å². The number of amides is 1. The first-order chi connectivity index (χ1) is 12.3. The topological polar surface area (TPSA) is 35.6 Å².